The molecule has 3 saturated carbocycles. The van der Waals surface area contributed by atoms with Crippen LogP contribution in [-0.4, -0.2) is 57.5 Å². The van der Waals surface area contributed by atoms with E-state index < -0.39 is 52.8 Å². The summed E-state index contributed by atoms with van der Waals surface area (Å²) >= 11 is 0. The van der Waals surface area contributed by atoms with Crippen molar-refractivity contribution in [3.05, 3.63) is 61.7 Å². The zero-order valence-corrected chi connectivity index (χ0v) is 30.8. The summed E-state index contributed by atoms with van der Waals surface area (Å²) in [6.45, 7) is 3.22. The lowest BCUT2D eigenvalue weighted by Gasteiger charge is -2.38. The topological polar surface area (TPSA) is 174 Å². The number of cyclic esters (lactones) is 1. The number of fused-ring (bicyclic) bond motifs is 8. The molecule has 3 aliphatic heterocycles. The Morgan fingerprint density at radius 2 is 1.96 bits per heavy atom. The van der Waals surface area contributed by atoms with Crippen LogP contribution in [0.15, 0.2) is 16.9 Å². The van der Waals surface area contributed by atoms with Gasteiger partial charge in [-0.2, -0.15) is 9.78 Å². The second-order valence-corrected chi connectivity index (χ2v) is 16.4. The Labute approximate surface area is 314 Å². The number of rotatable bonds is 4. The smallest absolute Gasteiger partial charge is 0.407 e. The van der Waals surface area contributed by atoms with Crippen LogP contribution in [0.3, 0.4) is 0 Å². The summed E-state index contributed by atoms with van der Waals surface area (Å²) in [7, 11) is 1.39. The number of nitrogens with zero attached hydrogens (tertiary/aromatic N) is 2. The number of aliphatic hydroxyl groups is 1. The summed E-state index contributed by atoms with van der Waals surface area (Å²) in [6, 6.07) is 2.43. The first kappa shape index (κ1) is 35.0. The molecular weight excluding hydrogens is 717 g/mol. The highest BCUT2D eigenvalue weighted by Crippen LogP contribution is 2.61. The largest absolute Gasteiger partial charge is 0.469 e. The number of hydrogen-bond donors (Lipinski definition) is 2. The maximum absolute atomic E-state index is 15.4. The summed E-state index contributed by atoms with van der Waals surface area (Å²) in [6.07, 6.45) is 3.94. The molecule has 290 valence electrons. The molecule has 5 heterocycles. The van der Waals surface area contributed by atoms with Crippen molar-refractivity contribution in [1.82, 2.24) is 14.9 Å². The Morgan fingerprint density at radius 3 is 2.75 bits per heavy atom. The molecule has 0 radical (unpaired) electrons. The average molecular weight is 760 g/mol. The normalized spacial score (nSPS) is 33.8. The Morgan fingerprint density at radius 1 is 1.13 bits per heavy atom. The van der Waals surface area contributed by atoms with E-state index in [1.165, 1.54) is 17.7 Å². The number of methoxy groups -OCH3 is 1. The maximum atomic E-state index is 15.4. The number of hydrogen-bond acceptors (Lipinski definition) is 12. The van der Waals surface area contributed by atoms with Gasteiger partial charge in [-0.05, 0) is 80.5 Å². The fourth-order valence-electron chi connectivity index (χ4n) is 10.9. The van der Waals surface area contributed by atoms with E-state index in [9.17, 15) is 24.3 Å². The van der Waals surface area contributed by atoms with Gasteiger partial charge in [-0.3, -0.25) is 9.59 Å². The van der Waals surface area contributed by atoms with Gasteiger partial charge in [0.15, 0.2) is 5.60 Å². The van der Waals surface area contributed by atoms with Gasteiger partial charge >= 0.3 is 18.0 Å². The Hall–Kier alpha value is -4.44. The number of ether oxygens (including phenoxy) is 4. The molecule has 2 unspecified atom stereocenters. The van der Waals surface area contributed by atoms with Crippen molar-refractivity contribution in [2.45, 2.75) is 121 Å². The Bertz CT molecular complexity index is 2290. The highest BCUT2D eigenvalue weighted by molar-refractivity contribution is 5.93. The highest BCUT2D eigenvalue weighted by Gasteiger charge is 2.67. The van der Waals surface area contributed by atoms with Crippen molar-refractivity contribution >= 4 is 28.9 Å². The van der Waals surface area contributed by atoms with Gasteiger partial charge in [-0.15, -0.1) is 0 Å². The molecule has 55 heavy (non-hydrogen) atoms. The number of carbonyl (C=O) groups is 3. The lowest BCUT2D eigenvalue weighted by Crippen LogP contribution is -2.47. The summed E-state index contributed by atoms with van der Waals surface area (Å²) in [5.41, 5.74) is 1.88. The summed E-state index contributed by atoms with van der Waals surface area (Å²) in [4.78, 5) is 69.9. The highest BCUT2D eigenvalue weighted by atomic mass is 19.1. The predicted octanol–water partition coefficient (Wildman–Crippen LogP) is 4.77. The number of halogens is 1. The summed E-state index contributed by atoms with van der Waals surface area (Å²) in [5.74, 6) is -3.88. The van der Waals surface area contributed by atoms with E-state index in [1.54, 1.807) is 19.9 Å². The second kappa shape index (κ2) is 12.0. The number of benzene rings is 1. The third-order valence-corrected chi connectivity index (χ3v) is 13.6. The van der Waals surface area contributed by atoms with Crippen molar-refractivity contribution < 1.29 is 52.6 Å². The number of nitrogens with one attached hydrogen (secondary N) is 1. The van der Waals surface area contributed by atoms with Crippen molar-refractivity contribution in [3.63, 3.8) is 0 Å². The van der Waals surface area contributed by atoms with E-state index in [4.69, 9.17) is 33.7 Å². The number of amides is 1. The van der Waals surface area contributed by atoms with Crippen LogP contribution in [0.1, 0.15) is 104 Å². The van der Waals surface area contributed by atoms with Crippen molar-refractivity contribution in [1.29, 1.82) is 0 Å². The minimum atomic E-state index is -2.00. The monoisotopic (exact) mass is 759 g/mol. The molecule has 4 aliphatic carbocycles. The van der Waals surface area contributed by atoms with E-state index >= 15 is 4.39 Å². The second-order valence-electron chi connectivity index (χ2n) is 16.4. The standard InChI is InChI=1S/C40H42FN3O11/c1-4-39(49)25-12-30-33-23(16-44(30)34(45)24(25)17-51-36(39)47)32-28(8-7-21-18(2)27(41)13-29(42-33)31(21)32)43-37(48)52-20-6-5-9-38(15-20)53-40(55-54-38)14-19-10-22(26(40)11-19)35(46)50-3/h12-13,19-20,22,26,28,49H,4-11,14-17H2,1-3H3,(H,43,48)/t19-,20?,22-,26-,28+,38?,39+,40+/m1/s1. The van der Waals surface area contributed by atoms with Gasteiger partial charge in [0.05, 0.1) is 48.1 Å². The molecule has 1 aromatic carbocycles. The number of carbonyl (C=O) groups excluding carboxylic acids is 3. The molecule has 2 bridgehead atoms. The van der Waals surface area contributed by atoms with Gasteiger partial charge in [0.2, 0.25) is 11.6 Å². The molecule has 2 spiro atoms. The van der Waals surface area contributed by atoms with Crippen molar-refractivity contribution in [2.24, 2.45) is 17.8 Å². The van der Waals surface area contributed by atoms with Gasteiger partial charge in [-0.1, -0.05) is 6.92 Å². The first-order valence-corrected chi connectivity index (χ1v) is 19.3. The van der Waals surface area contributed by atoms with Crippen LogP contribution < -0.4 is 10.9 Å². The summed E-state index contributed by atoms with van der Waals surface area (Å²) in [5, 5.41) is 15.2. The van der Waals surface area contributed by atoms with E-state index in [2.05, 4.69) is 5.32 Å². The number of aromatic nitrogens is 2. The minimum Gasteiger partial charge on any atom is -0.469 e. The zero-order valence-electron chi connectivity index (χ0n) is 30.8. The maximum Gasteiger partial charge on any atom is 0.407 e. The lowest BCUT2D eigenvalue weighted by molar-refractivity contribution is -0.365. The van der Waals surface area contributed by atoms with E-state index in [0.717, 1.165) is 29.4 Å². The molecule has 2 aromatic heterocycles. The average Bonchev–Trinajstić information content (AvgIpc) is 3.94. The van der Waals surface area contributed by atoms with Crippen LogP contribution in [0, 0.1) is 30.5 Å². The number of pyridine rings is 2. The minimum absolute atomic E-state index is 0.00194. The molecule has 3 aromatic rings. The fourth-order valence-corrected chi connectivity index (χ4v) is 10.9. The van der Waals surface area contributed by atoms with Gasteiger partial charge in [0.25, 0.3) is 5.56 Å². The molecule has 4 fully saturated rings. The number of esters is 2. The van der Waals surface area contributed by atoms with Crippen molar-refractivity contribution in [2.75, 3.05) is 7.11 Å². The van der Waals surface area contributed by atoms with Crippen LogP contribution in [0.4, 0.5) is 9.18 Å². The number of aryl methyl sites for hydroxylation is 1. The molecule has 1 amide bonds. The molecule has 7 aliphatic rings. The molecular formula is C40H42FN3O11. The zero-order chi connectivity index (χ0) is 38.2. The molecule has 1 saturated heterocycles. The van der Waals surface area contributed by atoms with E-state index in [0.29, 0.717) is 66.6 Å². The van der Waals surface area contributed by atoms with E-state index in [-0.39, 0.29) is 60.8 Å². The lowest BCUT2D eigenvalue weighted by atomic mass is 9.81. The first-order chi connectivity index (χ1) is 26.4. The van der Waals surface area contributed by atoms with Gasteiger partial charge < -0.3 is 33.9 Å². The van der Waals surface area contributed by atoms with Gasteiger partial charge in [0, 0.05) is 47.8 Å². The van der Waals surface area contributed by atoms with E-state index in [1.807, 2.05) is 0 Å². The number of alkyl carbamates (subject to hydrolysis) is 1. The Kier molecular flexibility index (Phi) is 7.66. The van der Waals surface area contributed by atoms with Crippen LogP contribution >= 0.6 is 0 Å². The Balaban J connectivity index is 0.944. The molecule has 8 atom stereocenters. The molecule has 2 N–H and O–H groups in total. The van der Waals surface area contributed by atoms with Crippen LogP contribution in [0.2, 0.25) is 0 Å². The SMILES string of the molecule is CC[C@@]1(O)C(=O)OCc2c1cc1n(c2=O)Cc2c-1nc1cc(F)c(C)c3c1c2[C@@H](NC(=O)OC1CCCC2(C1)OO[C@]1(C[C@H]4C[C@@H]1[C@H](C(=O)OC)C4)O2)CC3. The quantitative estimate of drug-likeness (QED) is 0.166. The summed E-state index contributed by atoms with van der Waals surface area (Å²) < 4.78 is 39.9. The van der Waals surface area contributed by atoms with Crippen LogP contribution in [0.25, 0.3) is 22.3 Å². The third kappa shape index (κ3) is 4.95. The van der Waals surface area contributed by atoms with Gasteiger partial charge in [-0.25, -0.2) is 19.0 Å². The molecule has 15 heteroatoms. The van der Waals surface area contributed by atoms with Crippen LogP contribution in [-0.2, 0) is 63.5 Å². The fraction of sp³-hybridized carbons (Fsp3) is 0.575. The molecule has 10 rings (SSSR count). The first-order valence-electron chi connectivity index (χ1n) is 19.3. The molecule has 14 nitrogen and oxygen atoms in total. The third-order valence-electron chi connectivity index (χ3n) is 13.6. The van der Waals surface area contributed by atoms with Crippen LogP contribution in [0.5, 0.6) is 0 Å². The predicted molar refractivity (Wildman–Crippen MR) is 187 cm³/mol. The van der Waals surface area contributed by atoms with Crippen molar-refractivity contribution in [3.8, 4) is 11.4 Å². The van der Waals surface area contributed by atoms with Gasteiger partial charge in [0.1, 0.15) is 18.5 Å².